The molecule has 2 heterocycles. The van der Waals surface area contributed by atoms with Crippen LogP contribution >= 0.6 is 11.8 Å². The molecule has 1 aliphatic rings. The van der Waals surface area contributed by atoms with Crippen molar-refractivity contribution in [3.63, 3.8) is 0 Å². The normalized spacial score (nSPS) is 15.2. The predicted molar refractivity (Wildman–Crippen MR) is 122 cm³/mol. The van der Waals surface area contributed by atoms with Gasteiger partial charge in [-0.2, -0.15) is 10.2 Å². The van der Waals surface area contributed by atoms with E-state index in [0.717, 1.165) is 41.5 Å². The summed E-state index contributed by atoms with van der Waals surface area (Å²) >= 11 is 1.48. The van der Waals surface area contributed by atoms with Crippen LogP contribution in [-0.2, 0) is 0 Å². The van der Waals surface area contributed by atoms with E-state index >= 15 is 0 Å². The minimum absolute atomic E-state index is 0.280. The van der Waals surface area contributed by atoms with Gasteiger partial charge in [0, 0.05) is 31.1 Å². The first-order chi connectivity index (χ1) is 15.5. The number of rotatable bonds is 6. The Morgan fingerprint density at radius 3 is 2.41 bits per heavy atom. The number of nitriles is 1. The number of nitrogens with zero attached hydrogens (tertiary/aromatic N) is 5. The van der Waals surface area contributed by atoms with Crippen molar-refractivity contribution in [1.29, 1.82) is 5.26 Å². The molecule has 0 unspecified atom stereocenters. The van der Waals surface area contributed by atoms with Crippen LogP contribution in [0, 0.1) is 17.1 Å². The molecular formula is C24H24FN5OS. The van der Waals surface area contributed by atoms with E-state index in [2.05, 4.69) is 27.9 Å². The molecule has 0 bridgehead atoms. The summed E-state index contributed by atoms with van der Waals surface area (Å²) in [5.41, 5.74) is 1.47. The third-order valence-corrected chi connectivity index (χ3v) is 6.34. The second-order valence-electron chi connectivity index (χ2n) is 7.68. The SMILES string of the molecule is C[C@@H](Oc1nc(N2CCN(C)CC2)ncc1Sc1ccc(C#N)cc1)c1ccc(F)cc1. The van der Waals surface area contributed by atoms with Crippen molar-refractivity contribution in [2.24, 2.45) is 0 Å². The topological polar surface area (TPSA) is 65.3 Å². The molecule has 3 aromatic rings. The number of benzene rings is 2. The first kappa shape index (κ1) is 22.1. The van der Waals surface area contributed by atoms with Crippen LogP contribution in [0.4, 0.5) is 10.3 Å². The molecule has 0 amide bonds. The molecule has 1 aromatic heterocycles. The van der Waals surface area contributed by atoms with Gasteiger partial charge >= 0.3 is 0 Å². The molecule has 0 radical (unpaired) electrons. The number of ether oxygens (including phenoxy) is 1. The van der Waals surface area contributed by atoms with E-state index in [4.69, 9.17) is 15.0 Å². The number of piperazine rings is 1. The largest absolute Gasteiger partial charge is 0.469 e. The molecule has 164 valence electrons. The Morgan fingerprint density at radius 1 is 1.06 bits per heavy atom. The minimum atomic E-state index is -0.314. The Kier molecular flexibility index (Phi) is 6.88. The minimum Gasteiger partial charge on any atom is -0.469 e. The van der Waals surface area contributed by atoms with E-state index < -0.39 is 0 Å². The van der Waals surface area contributed by atoms with Crippen LogP contribution in [-0.4, -0.2) is 48.1 Å². The van der Waals surface area contributed by atoms with Crippen LogP contribution < -0.4 is 9.64 Å². The van der Waals surface area contributed by atoms with Gasteiger partial charge in [0.25, 0.3) is 0 Å². The van der Waals surface area contributed by atoms with Gasteiger partial charge in [-0.15, -0.1) is 0 Å². The Labute approximate surface area is 191 Å². The summed E-state index contributed by atoms with van der Waals surface area (Å²) in [5, 5.41) is 9.03. The highest BCUT2D eigenvalue weighted by molar-refractivity contribution is 7.99. The van der Waals surface area contributed by atoms with Crippen molar-refractivity contribution < 1.29 is 9.13 Å². The molecule has 0 N–H and O–H groups in total. The Balaban J connectivity index is 1.61. The van der Waals surface area contributed by atoms with Crippen LogP contribution in [0.25, 0.3) is 0 Å². The maximum absolute atomic E-state index is 13.3. The number of hydrogen-bond donors (Lipinski definition) is 0. The standard InChI is InChI=1S/C24H24FN5OS/c1-17(19-5-7-20(25)8-6-19)31-23-22(32-21-9-3-18(15-26)4-10-21)16-27-24(28-23)30-13-11-29(2)12-14-30/h3-10,16-17H,11-14H2,1-2H3/t17-/m1/s1. The fourth-order valence-electron chi connectivity index (χ4n) is 3.35. The number of anilines is 1. The van der Waals surface area contributed by atoms with Gasteiger partial charge in [0.05, 0.1) is 22.7 Å². The molecule has 6 nitrogen and oxygen atoms in total. The summed E-state index contributed by atoms with van der Waals surface area (Å²) in [5.74, 6) is 0.848. The molecule has 0 spiro atoms. The average Bonchev–Trinajstić information content (AvgIpc) is 2.81. The molecule has 0 aliphatic carbocycles. The van der Waals surface area contributed by atoms with Crippen LogP contribution in [0.5, 0.6) is 5.88 Å². The summed E-state index contributed by atoms with van der Waals surface area (Å²) < 4.78 is 19.6. The summed E-state index contributed by atoms with van der Waals surface area (Å²) in [4.78, 5) is 15.5. The third kappa shape index (κ3) is 5.36. The van der Waals surface area contributed by atoms with E-state index in [1.807, 2.05) is 19.1 Å². The van der Waals surface area contributed by atoms with Crippen molar-refractivity contribution in [3.05, 3.63) is 71.7 Å². The van der Waals surface area contributed by atoms with E-state index in [1.54, 1.807) is 30.5 Å². The maximum Gasteiger partial charge on any atom is 0.233 e. The molecule has 4 rings (SSSR count). The monoisotopic (exact) mass is 449 g/mol. The van der Waals surface area contributed by atoms with E-state index in [1.165, 1.54) is 23.9 Å². The lowest BCUT2D eigenvalue weighted by Gasteiger charge is -2.32. The molecular weight excluding hydrogens is 425 g/mol. The van der Waals surface area contributed by atoms with Gasteiger partial charge in [0.2, 0.25) is 11.8 Å². The average molecular weight is 450 g/mol. The second kappa shape index (κ2) is 9.98. The highest BCUT2D eigenvalue weighted by Gasteiger charge is 2.20. The molecule has 1 atom stereocenters. The van der Waals surface area contributed by atoms with Gasteiger partial charge in [-0.1, -0.05) is 23.9 Å². The quantitative estimate of drug-likeness (QED) is 0.548. The molecule has 1 saturated heterocycles. The maximum atomic E-state index is 13.3. The summed E-state index contributed by atoms with van der Waals surface area (Å²) in [6.07, 6.45) is 1.47. The van der Waals surface area contributed by atoms with Crippen molar-refractivity contribution in [2.75, 3.05) is 38.1 Å². The predicted octanol–water partition coefficient (Wildman–Crippen LogP) is 4.53. The van der Waals surface area contributed by atoms with Gasteiger partial charge in [-0.05, 0) is 55.9 Å². The van der Waals surface area contributed by atoms with Gasteiger partial charge < -0.3 is 14.5 Å². The van der Waals surface area contributed by atoms with Gasteiger partial charge in [-0.3, -0.25) is 0 Å². The van der Waals surface area contributed by atoms with E-state index in [9.17, 15) is 4.39 Å². The number of likely N-dealkylation sites (N-methyl/N-ethyl adjacent to an activating group) is 1. The number of hydrogen-bond acceptors (Lipinski definition) is 7. The second-order valence-corrected chi connectivity index (χ2v) is 8.79. The van der Waals surface area contributed by atoms with Crippen LogP contribution in [0.2, 0.25) is 0 Å². The highest BCUT2D eigenvalue weighted by atomic mass is 32.2. The first-order valence-electron chi connectivity index (χ1n) is 10.4. The molecule has 2 aromatic carbocycles. The summed E-state index contributed by atoms with van der Waals surface area (Å²) in [6, 6.07) is 15.8. The lowest BCUT2D eigenvalue weighted by molar-refractivity contribution is 0.210. The Hall–Kier alpha value is -3.15. The Bertz CT molecular complexity index is 1090. The lowest BCUT2D eigenvalue weighted by atomic mass is 10.1. The molecule has 1 aliphatic heterocycles. The smallest absolute Gasteiger partial charge is 0.233 e. The fourth-order valence-corrected chi connectivity index (χ4v) is 4.17. The van der Waals surface area contributed by atoms with Crippen LogP contribution in [0.15, 0.2) is 64.5 Å². The van der Waals surface area contributed by atoms with Crippen molar-refractivity contribution in [3.8, 4) is 11.9 Å². The zero-order chi connectivity index (χ0) is 22.5. The zero-order valence-electron chi connectivity index (χ0n) is 18.0. The first-order valence-corrected chi connectivity index (χ1v) is 11.2. The highest BCUT2D eigenvalue weighted by Crippen LogP contribution is 2.36. The number of aromatic nitrogens is 2. The fraction of sp³-hybridized carbons (Fsp3) is 0.292. The zero-order valence-corrected chi connectivity index (χ0v) is 18.8. The van der Waals surface area contributed by atoms with Crippen molar-refractivity contribution in [2.45, 2.75) is 22.8 Å². The molecule has 8 heteroatoms. The summed E-state index contributed by atoms with van der Waals surface area (Å²) in [7, 11) is 2.11. The van der Waals surface area contributed by atoms with E-state index in [-0.39, 0.29) is 11.9 Å². The van der Waals surface area contributed by atoms with Gasteiger partial charge in [-0.25, -0.2) is 9.37 Å². The van der Waals surface area contributed by atoms with Gasteiger partial charge in [0.1, 0.15) is 11.9 Å². The van der Waals surface area contributed by atoms with Crippen molar-refractivity contribution >= 4 is 17.7 Å². The van der Waals surface area contributed by atoms with Gasteiger partial charge in [0.15, 0.2) is 0 Å². The van der Waals surface area contributed by atoms with E-state index in [0.29, 0.717) is 17.4 Å². The Morgan fingerprint density at radius 2 is 1.75 bits per heavy atom. The van der Waals surface area contributed by atoms with Crippen LogP contribution in [0.3, 0.4) is 0 Å². The third-order valence-electron chi connectivity index (χ3n) is 5.33. The molecule has 1 fully saturated rings. The molecule has 0 saturated carbocycles. The van der Waals surface area contributed by atoms with Crippen molar-refractivity contribution in [1.82, 2.24) is 14.9 Å². The summed E-state index contributed by atoms with van der Waals surface area (Å²) in [6.45, 7) is 5.53. The lowest BCUT2D eigenvalue weighted by Crippen LogP contribution is -2.45. The van der Waals surface area contributed by atoms with Crippen LogP contribution in [0.1, 0.15) is 24.2 Å². The number of halogens is 1. The molecule has 32 heavy (non-hydrogen) atoms.